The predicted octanol–water partition coefficient (Wildman–Crippen LogP) is 4.99. The smallest absolute Gasteiger partial charge is 0.416 e. The fourth-order valence-corrected chi connectivity index (χ4v) is 4.43. The first-order chi connectivity index (χ1) is 17.8. The molecule has 0 aliphatic carbocycles. The Bertz CT molecular complexity index is 1280. The maximum Gasteiger partial charge on any atom is 0.416 e. The number of hydrogen-bond acceptors (Lipinski definition) is 5. The standard InChI is InChI=1S/C27H31F3N4O3/c1-2-3-9-24(35)37-18-23(20-6-4-7-21(17-20)27(28,29)30)34-16-15-33(26(34)36)14-5-8-22-11-10-19-12-13-31-25(19)32-22/h4,6-7,10-11,15-17,23H,2-3,5,8-9,12-14,18H2,1H3,(H,31,32). The SMILES string of the molecule is CCCCC(=O)OCC(c1cccc(C(F)(F)F)c1)n1ccn(CCCc2ccc3c(n2)NCC3)c1=O. The molecule has 37 heavy (non-hydrogen) atoms. The van der Waals surface area contributed by atoms with E-state index in [0.717, 1.165) is 43.0 Å². The number of anilines is 1. The molecule has 1 atom stereocenters. The van der Waals surface area contributed by atoms with E-state index in [9.17, 15) is 22.8 Å². The Morgan fingerprint density at radius 3 is 2.81 bits per heavy atom. The topological polar surface area (TPSA) is 78.2 Å². The Morgan fingerprint density at radius 2 is 2.03 bits per heavy atom. The van der Waals surface area contributed by atoms with Gasteiger partial charge in [0, 0.05) is 37.6 Å². The molecule has 0 radical (unpaired) electrons. The number of halogens is 3. The largest absolute Gasteiger partial charge is 0.463 e. The van der Waals surface area contributed by atoms with Gasteiger partial charge in [0.1, 0.15) is 12.4 Å². The van der Waals surface area contributed by atoms with Crippen molar-refractivity contribution in [2.45, 2.75) is 64.2 Å². The van der Waals surface area contributed by atoms with Crippen LogP contribution in [0.25, 0.3) is 0 Å². The molecule has 0 fully saturated rings. The number of rotatable bonds is 11. The summed E-state index contributed by atoms with van der Waals surface area (Å²) in [5, 5.41) is 3.26. The van der Waals surface area contributed by atoms with Crippen molar-refractivity contribution < 1.29 is 22.7 Å². The molecular formula is C27H31F3N4O3. The Hall–Kier alpha value is -3.56. The average Bonchev–Trinajstić information content (AvgIpc) is 3.49. The van der Waals surface area contributed by atoms with Gasteiger partial charge in [0.05, 0.1) is 11.6 Å². The Labute approximate surface area is 213 Å². The number of alkyl halides is 3. The molecule has 0 amide bonds. The third-order valence-electron chi connectivity index (χ3n) is 6.50. The van der Waals surface area contributed by atoms with Crippen LogP contribution in [0.2, 0.25) is 0 Å². The number of carbonyl (C=O) groups is 1. The highest BCUT2D eigenvalue weighted by molar-refractivity contribution is 5.69. The number of unbranched alkanes of at least 4 members (excludes halogenated alkanes) is 1. The zero-order valence-electron chi connectivity index (χ0n) is 20.8. The number of imidazole rings is 1. The molecule has 0 bridgehead atoms. The van der Waals surface area contributed by atoms with Crippen LogP contribution in [-0.2, 0) is 35.1 Å². The molecule has 0 spiro atoms. The van der Waals surface area contributed by atoms with E-state index in [1.165, 1.54) is 33.0 Å². The van der Waals surface area contributed by atoms with Crippen LogP contribution in [0.1, 0.15) is 61.0 Å². The number of hydrogen-bond donors (Lipinski definition) is 1. The third-order valence-corrected chi connectivity index (χ3v) is 6.50. The fraction of sp³-hybridized carbons (Fsp3) is 0.444. The second-order valence-corrected chi connectivity index (χ2v) is 9.20. The van der Waals surface area contributed by atoms with E-state index in [4.69, 9.17) is 4.74 Å². The molecule has 0 saturated heterocycles. The van der Waals surface area contributed by atoms with Crippen LogP contribution in [-0.4, -0.2) is 33.2 Å². The van der Waals surface area contributed by atoms with Crippen molar-refractivity contribution in [1.29, 1.82) is 0 Å². The minimum Gasteiger partial charge on any atom is -0.463 e. The summed E-state index contributed by atoms with van der Waals surface area (Å²) in [6.45, 7) is 3.01. The first kappa shape index (κ1) is 26.5. The van der Waals surface area contributed by atoms with Gasteiger partial charge in [-0.15, -0.1) is 0 Å². The summed E-state index contributed by atoms with van der Waals surface area (Å²) in [6, 6.07) is 7.97. The maximum absolute atomic E-state index is 13.4. The van der Waals surface area contributed by atoms with E-state index < -0.39 is 23.8 Å². The quantitative estimate of drug-likeness (QED) is 0.364. The van der Waals surface area contributed by atoms with Gasteiger partial charge in [-0.2, -0.15) is 13.2 Å². The zero-order valence-corrected chi connectivity index (χ0v) is 20.8. The van der Waals surface area contributed by atoms with Crippen molar-refractivity contribution >= 4 is 11.8 Å². The van der Waals surface area contributed by atoms with Crippen LogP contribution in [0.3, 0.4) is 0 Å². The molecule has 4 rings (SSSR count). The second kappa shape index (κ2) is 11.7. The molecule has 0 saturated carbocycles. The number of aromatic nitrogens is 3. The molecule has 1 unspecified atom stereocenters. The summed E-state index contributed by atoms with van der Waals surface area (Å²) < 4.78 is 48.3. The highest BCUT2D eigenvalue weighted by Gasteiger charge is 2.31. The number of ether oxygens (including phenoxy) is 1. The number of nitrogens with one attached hydrogen (secondary N) is 1. The Kier molecular flexibility index (Phi) is 8.35. The zero-order chi connectivity index (χ0) is 26.4. The van der Waals surface area contributed by atoms with Crippen molar-refractivity contribution in [3.63, 3.8) is 0 Å². The van der Waals surface area contributed by atoms with Crippen molar-refractivity contribution in [2.24, 2.45) is 0 Å². The summed E-state index contributed by atoms with van der Waals surface area (Å²) in [5.74, 6) is 0.473. The van der Waals surface area contributed by atoms with E-state index in [0.29, 0.717) is 25.8 Å². The minimum atomic E-state index is -4.53. The molecule has 10 heteroatoms. The van der Waals surface area contributed by atoms with Gasteiger partial charge in [-0.3, -0.25) is 13.9 Å². The summed E-state index contributed by atoms with van der Waals surface area (Å²) in [5.41, 5.74) is 1.18. The highest BCUT2D eigenvalue weighted by Crippen LogP contribution is 2.31. The lowest BCUT2D eigenvalue weighted by atomic mass is 10.0. The van der Waals surface area contributed by atoms with Crippen LogP contribution in [0, 0.1) is 0 Å². The minimum absolute atomic E-state index is 0.216. The first-order valence-corrected chi connectivity index (χ1v) is 12.6. The lowest BCUT2D eigenvalue weighted by Gasteiger charge is -2.20. The molecule has 1 aliphatic heterocycles. The summed E-state index contributed by atoms with van der Waals surface area (Å²) in [6.07, 6.45) is 2.60. The molecule has 2 aromatic heterocycles. The predicted molar refractivity (Wildman–Crippen MR) is 134 cm³/mol. The third kappa shape index (κ3) is 6.61. The monoisotopic (exact) mass is 516 g/mol. The summed E-state index contributed by atoms with van der Waals surface area (Å²) in [7, 11) is 0. The van der Waals surface area contributed by atoms with Gasteiger partial charge < -0.3 is 10.1 Å². The number of nitrogens with zero attached hydrogens (tertiary/aromatic N) is 3. The van der Waals surface area contributed by atoms with Gasteiger partial charge in [-0.25, -0.2) is 9.78 Å². The Balaban J connectivity index is 1.50. The van der Waals surface area contributed by atoms with Gasteiger partial charge in [-0.1, -0.05) is 31.5 Å². The first-order valence-electron chi connectivity index (χ1n) is 12.6. The number of pyridine rings is 1. The van der Waals surface area contributed by atoms with Gasteiger partial charge in [-0.05, 0) is 55.0 Å². The second-order valence-electron chi connectivity index (χ2n) is 9.20. The van der Waals surface area contributed by atoms with Crippen LogP contribution in [0.4, 0.5) is 19.0 Å². The fourth-order valence-electron chi connectivity index (χ4n) is 4.43. The molecule has 1 N–H and O–H groups in total. The van der Waals surface area contributed by atoms with Crippen molar-refractivity contribution in [1.82, 2.24) is 14.1 Å². The number of aryl methyl sites for hydroxylation is 2. The van der Waals surface area contributed by atoms with Gasteiger partial charge in [0.15, 0.2) is 0 Å². The molecular weight excluding hydrogens is 485 g/mol. The molecule has 3 heterocycles. The lowest BCUT2D eigenvalue weighted by molar-refractivity contribution is -0.144. The molecule has 198 valence electrons. The highest BCUT2D eigenvalue weighted by atomic mass is 19.4. The van der Waals surface area contributed by atoms with Crippen LogP contribution in [0.5, 0.6) is 0 Å². The maximum atomic E-state index is 13.4. The van der Waals surface area contributed by atoms with Crippen molar-refractivity contribution in [2.75, 3.05) is 18.5 Å². The lowest BCUT2D eigenvalue weighted by Crippen LogP contribution is -2.31. The summed E-state index contributed by atoms with van der Waals surface area (Å²) >= 11 is 0. The molecule has 7 nitrogen and oxygen atoms in total. The van der Waals surface area contributed by atoms with E-state index in [2.05, 4.69) is 16.4 Å². The number of esters is 1. The van der Waals surface area contributed by atoms with Crippen LogP contribution in [0.15, 0.2) is 53.6 Å². The summed E-state index contributed by atoms with van der Waals surface area (Å²) in [4.78, 5) is 30.0. The molecule has 3 aromatic rings. The van der Waals surface area contributed by atoms with E-state index in [-0.39, 0.29) is 24.3 Å². The number of carbonyl (C=O) groups excluding carboxylic acids is 1. The van der Waals surface area contributed by atoms with E-state index in [1.54, 1.807) is 6.20 Å². The van der Waals surface area contributed by atoms with Crippen molar-refractivity contribution in [3.05, 3.63) is 81.7 Å². The average molecular weight is 517 g/mol. The van der Waals surface area contributed by atoms with Crippen LogP contribution >= 0.6 is 0 Å². The number of benzene rings is 1. The van der Waals surface area contributed by atoms with E-state index in [1.807, 2.05) is 13.0 Å². The van der Waals surface area contributed by atoms with Gasteiger partial charge >= 0.3 is 17.8 Å². The van der Waals surface area contributed by atoms with E-state index >= 15 is 0 Å². The van der Waals surface area contributed by atoms with Crippen LogP contribution < -0.4 is 11.0 Å². The van der Waals surface area contributed by atoms with Crippen molar-refractivity contribution in [3.8, 4) is 0 Å². The van der Waals surface area contributed by atoms with Gasteiger partial charge in [0.2, 0.25) is 0 Å². The van der Waals surface area contributed by atoms with Gasteiger partial charge in [0.25, 0.3) is 0 Å². The Morgan fingerprint density at radius 1 is 1.19 bits per heavy atom. The number of fused-ring (bicyclic) bond motifs is 1. The normalized spacial score (nSPS) is 13.7. The molecule has 1 aromatic carbocycles. The molecule has 1 aliphatic rings.